The third-order valence-electron chi connectivity index (χ3n) is 4.40. The van der Waals surface area contributed by atoms with Crippen molar-refractivity contribution >= 4 is 74.1 Å². The van der Waals surface area contributed by atoms with E-state index in [4.69, 9.17) is 23.8 Å². The molecule has 148 valence electrons. The fourth-order valence-corrected chi connectivity index (χ4v) is 4.54. The number of halogens is 1. The maximum absolute atomic E-state index is 12.6. The Morgan fingerprint density at radius 3 is 2.20 bits per heavy atom. The number of rotatable bonds is 4. The number of anilines is 1. The molecule has 1 heterocycles. The van der Waals surface area contributed by atoms with Crippen LogP contribution in [0.4, 0.5) is 5.69 Å². The Balaban J connectivity index is 1.38. The van der Waals surface area contributed by atoms with Crippen LogP contribution < -0.4 is 10.6 Å². The first-order chi connectivity index (χ1) is 14.6. The molecule has 1 amide bonds. The Labute approximate surface area is 189 Å². The largest absolute Gasteiger partial charge is 0.332 e. The lowest BCUT2D eigenvalue weighted by Gasteiger charge is -2.09. The number of carbonyl (C=O) groups excluding carboxylic acids is 1. The minimum atomic E-state index is -0.318. The molecule has 0 atom stereocenters. The Hall–Kier alpha value is -2.99. The molecule has 0 bridgehead atoms. The van der Waals surface area contributed by atoms with Crippen molar-refractivity contribution in [2.45, 2.75) is 0 Å². The van der Waals surface area contributed by atoms with E-state index in [2.05, 4.69) is 28.8 Å². The molecule has 0 fully saturated rings. The van der Waals surface area contributed by atoms with Gasteiger partial charge in [0.2, 0.25) is 0 Å². The number of fused-ring (bicyclic) bond motifs is 1. The second kappa shape index (κ2) is 9.22. The van der Waals surface area contributed by atoms with Crippen molar-refractivity contribution in [3.63, 3.8) is 0 Å². The van der Waals surface area contributed by atoms with Crippen molar-refractivity contribution in [1.29, 1.82) is 0 Å². The Bertz CT molecular complexity index is 1230. The zero-order chi connectivity index (χ0) is 20.9. The summed E-state index contributed by atoms with van der Waals surface area (Å²) in [6.45, 7) is 0. The summed E-state index contributed by atoms with van der Waals surface area (Å²) in [7, 11) is 0. The summed E-state index contributed by atoms with van der Waals surface area (Å²) in [6.07, 6.45) is 4.10. The lowest BCUT2D eigenvalue weighted by Crippen LogP contribution is -2.33. The highest BCUT2D eigenvalue weighted by atomic mass is 35.5. The van der Waals surface area contributed by atoms with Crippen molar-refractivity contribution in [1.82, 2.24) is 5.32 Å². The first-order valence-corrected chi connectivity index (χ1v) is 10.8. The molecule has 0 spiro atoms. The predicted octanol–water partition coefficient (Wildman–Crippen LogP) is 6.85. The fraction of sp³-hybridized carbons (Fsp3) is 0. The molecule has 3 nitrogen and oxygen atoms in total. The first kappa shape index (κ1) is 20.3. The van der Waals surface area contributed by atoms with Gasteiger partial charge in [-0.25, -0.2) is 0 Å². The van der Waals surface area contributed by atoms with Gasteiger partial charge in [-0.15, -0.1) is 11.3 Å². The minimum Gasteiger partial charge on any atom is -0.332 e. The molecule has 2 N–H and O–H groups in total. The highest BCUT2D eigenvalue weighted by molar-refractivity contribution is 7.80. The van der Waals surface area contributed by atoms with E-state index < -0.39 is 0 Å². The predicted molar refractivity (Wildman–Crippen MR) is 132 cm³/mol. The zero-order valence-corrected chi connectivity index (χ0v) is 18.2. The van der Waals surface area contributed by atoms with Gasteiger partial charge >= 0.3 is 0 Å². The molecule has 0 radical (unpaired) electrons. The van der Waals surface area contributed by atoms with Gasteiger partial charge in [0.1, 0.15) is 4.88 Å². The van der Waals surface area contributed by atoms with Crippen LogP contribution in [0.3, 0.4) is 0 Å². The van der Waals surface area contributed by atoms with Gasteiger partial charge in [-0.05, 0) is 41.5 Å². The van der Waals surface area contributed by atoms with Crippen molar-refractivity contribution < 1.29 is 4.79 Å². The summed E-state index contributed by atoms with van der Waals surface area (Å²) in [5.74, 6) is -0.318. The Kier molecular flexibility index (Phi) is 6.23. The van der Waals surface area contributed by atoms with E-state index >= 15 is 0 Å². The van der Waals surface area contributed by atoms with Crippen molar-refractivity contribution in [2.75, 3.05) is 5.32 Å². The number of carbonyl (C=O) groups is 1. The van der Waals surface area contributed by atoms with Crippen LogP contribution in [0.5, 0.6) is 0 Å². The third-order valence-corrected chi connectivity index (χ3v) is 6.28. The summed E-state index contributed by atoms with van der Waals surface area (Å²) < 4.78 is 0.964. The number of thiophene rings is 1. The minimum absolute atomic E-state index is 0.223. The van der Waals surface area contributed by atoms with Crippen LogP contribution >= 0.6 is 35.2 Å². The van der Waals surface area contributed by atoms with Gasteiger partial charge in [-0.2, -0.15) is 0 Å². The third kappa shape index (κ3) is 4.76. The smallest absolute Gasteiger partial charge is 0.269 e. The molecular weight excluding hydrogens is 432 g/mol. The maximum Gasteiger partial charge on any atom is 0.269 e. The van der Waals surface area contributed by atoms with Gasteiger partial charge in [-0.1, -0.05) is 84.4 Å². The normalized spacial score (nSPS) is 11.0. The number of hydrogen-bond donors (Lipinski definition) is 2. The molecule has 0 unspecified atom stereocenters. The van der Waals surface area contributed by atoms with Crippen molar-refractivity contribution in [3.05, 3.63) is 99.9 Å². The average Bonchev–Trinajstić information content (AvgIpc) is 3.11. The molecule has 0 aliphatic rings. The van der Waals surface area contributed by atoms with Crippen molar-refractivity contribution in [2.24, 2.45) is 0 Å². The lowest BCUT2D eigenvalue weighted by atomic mass is 10.1. The zero-order valence-electron chi connectivity index (χ0n) is 15.8. The molecule has 0 saturated heterocycles. The molecule has 1 aromatic heterocycles. The Morgan fingerprint density at radius 2 is 1.50 bits per heavy atom. The highest BCUT2D eigenvalue weighted by Gasteiger charge is 2.17. The second-order valence-corrected chi connectivity index (χ2v) is 8.35. The van der Waals surface area contributed by atoms with Gasteiger partial charge in [0.05, 0.1) is 5.02 Å². The van der Waals surface area contributed by atoms with E-state index in [1.165, 1.54) is 11.3 Å². The van der Waals surface area contributed by atoms with E-state index in [1.54, 1.807) is 0 Å². The standard InChI is InChI=1S/C24H17ClN2OS2/c25-21-19-8-4-5-9-20(19)30-22(21)23(28)27-24(29)26-18-14-12-17(13-15-18)11-10-16-6-2-1-3-7-16/h1-15H,(H2,26,27,28,29). The van der Waals surface area contributed by atoms with Gasteiger partial charge in [0.25, 0.3) is 5.91 Å². The average molecular weight is 449 g/mol. The summed E-state index contributed by atoms with van der Waals surface area (Å²) in [4.78, 5) is 13.0. The Morgan fingerprint density at radius 1 is 0.867 bits per heavy atom. The number of amides is 1. The summed E-state index contributed by atoms with van der Waals surface area (Å²) >= 11 is 13.0. The van der Waals surface area contributed by atoms with E-state index in [1.807, 2.05) is 72.8 Å². The molecule has 4 aromatic rings. The molecule has 0 saturated carbocycles. The first-order valence-electron chi connectivity index (χ1n) is 9.23. The molecule has 4 rings (SSSR count). The molecule has 0 aliphatic carbocycles. The van der Waals surface area contributed by atoms with Crippen LogP contribution in [0, 0.1) is 0 Å². The van der Waals surface area contributed by atoms with E-state index in [0.717, 1.165) is 26.9 Å². The number of benzene rings is 3. The van der Waals surface area contributed by atoms with Crippen LogP contribution in [0.2, 0.25) is 5.02 Å². The van der Waals surface area contributed by atoms with Crippen LogP contribution in [0.15, 0.2) is 78.9 Å². The fourth-order valence-electron chi connectivity index (χ4n) is 2.92. The molecule has 30 heavy (non-hydrogen) atoms. The summed E-state index contributed by atoms with van der Waals surface area (Å²) in [6, 6.07) is 25.6. The SMILES string of the molecule is O=C(NC(=S)Nc1ccc(C=Cc2ccccc2)cc1)c1sc2ccccc2c1Cl. The number of hydrogen-bond acceptors (Lipinski definition) is 3. The van der Waals surface area contributed by atoms with Crippen LogP contribution in [-0.4, -0.2) is 11.0 Å². The van der Waals surface area contributed by atoms with Gasteiger partial charge in [0.15, 0.2) is 5.11 Å². The number of nitrogens with one attached hydrogen (secondary N) is 2. The molecule has 0 aliphatic heterocycles. The van der Waals surface area contributed by atoms with E-state index in [0.29, 0.717) is 9.90 Å². The van der Waals surface area contributed by atoms with Crippen LogP contribution in [-0.2, 0) is 0 Å². The summed E-state index contributed by atoms with van der Waals surface area (Å²) in [5.41, 5.74) is 3.00. The highest BCUT2D eigenvalue weighted by Crippen LogP contribution is 2.34. The second-order valence-electron chi connectivity index (χ2n) is 6.52. The monoisotopic (exact) mass is 448 g/mol. The molecule has 3 aromatic carbocycles. The van der Waals surface area contributed by atoms with Gasteiger partial charge in [0, 0.05) is 15.8 Å². The van der Waals surface area contributed by atoms with Gasteiger partial charge < -0.3 is 5.32 Å². The van der Waals surface area contributed by atoms with Crippen LogP contribution in [0.1, 0.15) is 20.8 Å². The number of thiocarbonyl (C=S) groups is 1. The maximum atomic E-state index is 12.6. The quantitative estimate of drug-likeness (QED) is 0.265. The molecular formula is C24H17ClN2OS2. The van der Waals surface area contributed by atoms with Crippen molar-refractivity contribution in [3.8, 4) is 0 Å². The summed E-state index contributed by atoms with van der Waals surface area (Å²) in [5, 5.41) is 7.28. The lowest BCUT2D eigenvalue weighted by molar-refractivity contribution is 0.0982. The van der Waals surface area contributed by atoms with Gasteiger partial charge in [-0.3, -0.25) is 10.1 Å². The van der Waals surface area contributed by atoms with E-state index in [9.17, 15) is 4.79 Å². The van der Waals surface area contributed by atoms with E-state index in [-0.39, 0.29) is 11.0 Å². The van der Waals surface area contributed by atoms with Crippen LogP contribution in [0.25, 0.3) is 22.2 Å². The molecule has 6 heteroatoms. The topological polar surface area (TPSA) is 41.1 Å².